The van der Waals surface area contributed by atoms with Crippen LogP contribution in [0.2, 0.25) is 0 Å². The second-order valence-electron chi connectivity index (χ2n) is 6.87. The van der Waals surface area contributed by atoms with E-state index in [2.05, 4.69) is 5.32 Å². The molecule has 2 aliphatic heterocycles. The highest BCUT2D eigenvalue weighted by molar-refractivity contribution is 7.89. The van der Waals surface area contributed by atoms with Crippen molar-refractivity contribution in [3.05, 3.63) is 29.3 Å². The monoisotopic (exact) mass is 412 g/mol. The smallest absolute Gasteiger partial charge is 0.243 e. The number of carbonyl (C=O) groups is 1. The first-order valence-electron chi connectivity index (χ1n) is 8.94. The highest BCUT2D eigenvalue weighted by Gasteiger charge is 2.35. The van der Waals surface area contributed by atoms with Crippen LogP contribution in [0.5, 0.6) is 0 Å². The van der Waals surface area contributed by atoms with E-state index in [4.69, 9.17) is 5.26 Å². The van der Waals surface area contributed by atoms with E-state index in [1.165, 1.54) is 22.5 Å². The number of rotatable bonds is 3. The zero-order valence-corrected chi connectivity index (χ0v) is 17.0. The molecule has 7 nitrogen and oxygen atoms in total. The van der Waals surface area contributed by atoms with E-state index in [0.717, 1.165) is 19.5 Å². The third-order valence-electron chi connectivity index (χ3n) is 5.12. The third-order valence-corrected chi connectivity index (χ3v) is 6.98. The number of hydrogen-bond acceptors (Lipinski definition) is 5. The molecule has 1 aromatic rings. The summed E-state index contributed by atoms with van der Waals surface area (Å²) in [6, 6.07) is 6.60. The first-order valence-corrected chi connectivity index (χ1v) is 10.4. The van der Waals surface area contributed by atoms with E-state index in [1.54, 1.807) is 6.92 Å². The van der Waals surface area contributed by atoms with Crippen LogP contribution in [0.15, 0.2) is 23.1 Å². The Labute approximate surface area is 166 Å². The Balaban J connectivity index is 0.00000261. The van der Waals surface area contributed by atoms with E-state index in [-0.39, 0.29) is 35.7 Å². The van der Waals surface area contributed by atoms with Crippen molar-refractivity contribution < 1.29 is 13.2 Å². The van der Waals surface area contributed by atoms with Crippen molar-refractivity contribution in [3.63, 3.8) is 0 Å². The van der Waals surface area contributed by atoms with Gasteiger partial charge in [-0.15, -0.1) is 12.4 Å². The SMILES string of the molecule is Cc1cc(S(=O)(=O)N2CCCC(C(=O)N3CCNCC3)C2)ccc1C#N.Cl. The summed E-state index contributed by atoms with van der Waals surface area (Å²) in [5, 5.41) is 12.2. The van der Waals surface area contributed by atoms with Crippen molar-refractivity contribution in [1.29, 1.82) is 5.26 Å². The van der Waals surface area contributed by atoms with Gasteiger partial charge in [0.1, 0.15) is 0 Å². The minimum absolute atomic E-state index is 0. The lowest BCUT2D eigenvalue weighted by Gasteiger charge is -2.35. The second-order valence-corrected chi connectivity index (χ2v) is 8.80. The molecule has 0 radical (unpaired) electrons. The molecule has 0 aromatic heterocycles. The molecule has 2 aliphatic rings. The first-order chi connectivity index (χ1) is 12.4. The maximum Gasteiger partial charge on any atom is 0.243 e. The van der Waals surface area contributed by atoms with Crippen LogP contribution in [0.1, 0.15) is 24.0 Å². The molecule has 0 aliphatic carbocycles. The fraction of sp³-hybridized carbons (Fsp3) is 0.556. The van der Waals surface area contributed by atoms with Crippen molar-refractivity contribution in [2.75, 3.05) is 39.3 Å². The van der Waals surface area contributed by atoms with Gasteiger partial charge in [0.15, 0.2) is 0 Å². The highest BCUT2D eigenvalue weighted by atomic mass is 35.5. The van der Waals surface area contributed by atoms with Gasteiger partial charge in [-0.1, -0.05) is 0 Å². The summed E-state index contributed by atoms with van der Waals surface area (Å²) in [4.78, 5) is 14.8. The van der Waals surface area contributed by atoms with Gasteiger partial charge in [-0.2, -0.15) is 9.57 Å². The molecule has 1 N–H and O–H groups in total. The lowest BCUT2D eigenvalue weighted by atomic mass is 9.98. The number of aryl methyl sites for hydroxylation is 1. The molecule has 0 saturated carbocycles. The van der Waals surface area contributed by atoms with Crippen LogP contribution in [0.3, 0.4) is 0 Å². The summed E-state index contributed by atoms with van der Waals surface area (Å²) in [7, 11) is -3.67. The molecule has 9 heteroatoms. The summed E-state index contributed by atoms with van der Waals surface area (Å²) in [6.07, 6.45) is 1.40. The standard InChI is InChI=1S/C18H24N4O3S.ClH/c1-14-11-17(5-4-15(14)12-19)26(24,25)22-8-2-3-16(13-22)18(23)21-9-6-20-7-10-21;/h4-5,11,16,20H,2-3,6-10,13H2,1H3;1H. The number of nitriles is 1. The quantitative estimate of drug-likeness (QED) is 0.802. The van der Waals surface area contributed by atoms with Crippen LogP contribution in [-0.4, -0.2) is 62.8 Å². The molecule has 148 valence electrons. The number of benzene rings is 1. The molecule has 1 unspecified atom stereocenters. The Morgan fingerprint density at radius 3 is 2.59 bits per heavy atom. The zero-order chi connectivity index (χ0) is 18.7. The Morgan fingerprint density at radius 2 is 1.96 bits per heavy atom. The molecule has 2 saturated heterocycles. The van der Waals surface area contributed by atoms with E-state index >= 15 is 0 Å². The Kier molecular flexibility index (Phi) is 7.23. The lowest BCUT2D eigenvalue weighted by Crippen LogP contribution is -2.51. The lowest BCUT2D eigenvalue weighted by molar-refractivity contribution is -0.137. The fourth-order valence-electron chi connectivity index (χ4n) is 3.58. The number of amides is 1. The molecule has 1 amide bonds. The predicted molar refractivity (Wildman–Crippen MR) is 104 cm³/mol. The maximum atomic E-state index is 13.0. The molecule has 0 spiro atoms. The van der Waals surface area contributed by atoms with Crippen molar-refractivity contribution in [1.82, 2.24) is 14.5 Å². The van der Waals surface area contributed by atoms with Gasteiger partial charge in [0.2, 0.25) is 15.9 Å². The van der Waals surface area contributed by atoms with Crippen LogP contribution < -0.4 is 5.32 Å². The Morgan fingerprint density at radius 1 is 1.26 bits per heavy atom. The van der Waals surface area contributed by atoms with Gasteiger partial charge >= 0.3 is 0 Å². The molecule has 3 rings (SSSR count). The largest absolute Gasteiger partial charge is 0.340 e. The number of carbonyl (C=O) groups excluding carboxylic acids is 1. The number of piperidine rings is 1. The molecular formula is C18H25ClN4O3S. The predicted octanol–water partition coefficient (Wildman–Crippen LogP) is 1.12. The van der Waals surface area contributed by atoms with E-state index in [0.29, 0.717) is 37.2 Å². The van der Waals surface area contributed by atoms with Crippen LogP contribution in [0.4, 0.5) is 0 Å². The molecule has 27 heavy (non-hydrogen) atoms. The molecule has 2 fully saturated rings. The van der Waals surface area contributed by atoms with Gasteiger partial charge < -0.3 is 10.2 Å². The van der Waals surface area contributed by atoms with Gasteiger partial charge in [0.25, 0.3) is 0 Å². The molecule has 2 heterocycles. The van der Waals surface area contributed by atoms with E-state index < -0.39 is 10.0 Å². The zero-order valence-electron chi connectivity index (χ0n) is 15.3. The normalized spacial score (nSPS) is 21.2. The van der Waals surface area contributed by atoms with Crippen LogP contribution in [0.25, 0.3) is 0 Å². The maximum absolute atomic E-state index is 13.0. The van der Waals surface area contributed by atoms with Gasteiger partial charge in [-0.05, 0) is 43.5 Å². The second kappa shape index (κ2) is 9.02. The van der Waals surface area contributed by atoms with Crippen molar-refractivity contribution in [2.45, 2.75) is 24.7 Å². The van der Waals surface area contributed by atoms with Gasteiger partial charge in [0, 0.05) is 39.3 Å². The van der Waals surface area contributed by atoms with Gasteiger partial charge in [-0.3, -0.25) is 4.79 Å². The van der Waals surface area contributed by atoms with E-state index in [1.807, 2.05) is 11.0 Å². The summed E-state index contributed by atoms with van der Waals surface area (Å²) >= 11 is 0. The minimum Gasteiger partial charge on any atom is -0.340 e. The molecule has 1 atom stereocenters. The number of piperazine rings is 1. The average molecular weight is 413 g/mol. The van der Waals surface area contributed by atoms with Crippen molar-refractivity contribution in [2.24, 2.45) is 5.92 Å². The number of nitrogens with one attached hydrogen (secondary N) is 1. The number of halogens is 1. The number of nitrogens with zero attached hydrogens (tertiary/aromatic N) is 3. The average Bonchev–Trinajstić information content (AvgIpc) is 2.68. The summed E-state index contributed by atoms with van der Waals surface area (Å²) < 4.78 is 27.4. The number of hydrogen-bond donors (Lipinski definition) is 1. The highest BCUT2D eigenvalue weighted by Crippen LogP contribution is 2.26. The number of sulfonamides is 1. The van der Waals surface area contributed by atoms with Crippen LogP contribution >= 0.6 is 12.4 Å². The third kappa shape index (κ3) is 4.61. The van der Waals surface area contributed by atoms with Gasteiger partial charge in [-0.25, -0.2) is 8.42 Å². The minimum atomic E-state index is -3.67. The summed E-state index contributed by atoms with van der Waals surface area (Å²) in [6.45, 7) is 5.30. The van der Waals surface area contributed by atoms with Crippen LogP contribution in [-0.2, 0) is 14.8 Å². The van der Waals surface area contributed by atoms with Gasteiger partial charge in [0.05, 0.1) is 22.4 Å². The molecule has 0 bridgehead atoms. The van der Waals surface area contributed by atoms with Crippen LogP contribution in [0, 0.1) is 24.2 Å². The van der Waals surface area contributed by atoms with E-state index in [9.17, 15) is 13.2 Å². The Bertz CT molecular complexity index is 831. The fourth-order valence-corrected chi connectivity index (χ4v) is 5.19. The summed E-state index contributed by atoms with van der Waals surface area (Å²) in [5.41, 5.74) is 1.10. The molecular weight excluding hydrogens is 388 g/mol. The topological polar surface area (TPSA) is 93.5 Å². The Hall–Kier alpha value is -1.66. The summed E-state index contributed by atoms with van der Waals surface area (Å²) in [5.74, 6) is -0.224. The van der Waals surface area contributed by atoms with Crippen molar-refractivity contribution >= 4 is 28.3 Å². The molecule has 1 aromatic carbocycles. The first kappa shape index (κ1) is 21.6. The van der Waals surface area contributed by atoms with Crippen molar-refractivity contribution in [3.8, 4) is 6.07 Å².